The molecule has 2 heterocycles. The summed E-state index contributed by atoms with van der Waals surface area (Å²) in [5.41, 5.74) is 1.09. The molecule has 0 amide bonds. The van der Waals surface area contributed by atoms with E-state index in [1.165, 1.54) is 0 Å². The van der Waals surface area contributed by atoms with Gasteiger partial charge in [0, 0.05) is 32.4 Å². The van der Waals surface area contributed by atoms with Crippen molar-refractivity contribution in [1.82, 2.24) is 15.6 Å². The molecule has 2 rings (SSSR count). The van der Waals surface area contributed by atoms with Crippen molar-refractivity contribution in [3.63, 3.8) is 0 Å². The molecule has 0 bridgehead atoms. The summed E-state index contributed by atoms with van der Waals surface area (Å²) in [7, 11) is 3.96. The minimum absolute atomic E-state index is 0.564. The molecule has 0 aliphatic rings. The van der Waals surface area contributed by atoms with Gasteiger partial charge in [-0.2, -0.15) is 0 Å². The van der Waals surface area contributed by atoms with Gasteiger partial charge in [-0.05, 0) is 25.1 Å². The van der Waals surface area contributed by atoms with Gasteiger partial charge in [0.15, 0.2) is 5.96 Å². The van der Waals surface area contributed by atoms with E-state index in [1.54, 1.807) is 12.5 Å². The van der Waals surface area contributed by atoms with Crippen LogP contribution in [0.25, 0.3) is 0 Å². The van der Waals surface area contributed by atoms with Gasteiger partial charge in [0.2, 0.25) is 0 Å². The molecule has 0 saturated heterocycles. The van der Waals surface area contributed by atoms with Gasteiger partial charge < -0.3 is 20.0 Å². The number of hydrogen-bond acceptors (Lipinski definition) is 4. The second kappa shape index (κ2) is 8.07. The van der Waals surface area contributed by atoms with Crippen LogP contribution in [0.4, 0.5) is 5.82 Å². The Hall–Kier alpha value is -2.50. The first-order valence-electron chi connectivity index (χ1n) is 7.36. The van der Waals surface area contributed by atoms with Crippen molar-refractivity contribution in [2.45, 2.75) is 20.0 Å². The van der Waals surface area contributed by atoms with Crippen LogP contribution >= 0.6 is 0 Å². The van der Waals surface area contributed by atoms with Gasteiger partial charge in [-0.1, -0.05) is 6.07 Å². The summed E-state index contributed by atoms with van der Waals surface area (Å²) in [5, 5.41) is 6.48. The lowest BCUT2D eigenvalue weighted by Gasteiger charge is -2.15. The first kappa shape index (κ1) is 15.9. The molecule has 0 atom stereocenters. The number of pyridine rings is 1. The van der Waals surface area contributed by atoms with Crippen molar-refractivity contribution in [2.75, 3.05) is 25.5 Å². The van der Waals surface area contributed by atoms with Gasteiger partial charge >= 0.3 is 0 Å². The molecule has 0 fully saturated rings. The van der Waals surface area contributed by atoms with E-state index in [0.717, 1.165) is 29.6 Å². The van der Waals surface area contributed by atoms with Gasteiger partial charge in [0.25, 0.3) is 0 Å². The number of furan rings is 1. The first-order valence-corrected chi connectivity index (χ1v) is 7.36. The molecule has 0 radical (unpaired) electrons. The third-order valence-corrected chi connectivity index (χ3v) is 3.05. The van der Waals surface area contributed by atoms with E-state index in [9.17, 15) is 0 Å². The number of aliphatic imine (C=N–C) groups is 1. The Morgan fingerprint density at radius 1 is 1.27 bits per heavy atom. The molecule has 0 aliphatic heterocycles. The second-order valence-electron chi connectivity index (χ2n) is 5.01. The highest BCUT2D eigenvalue weighted by Crippen LogP contribution is 2.15. The summed E-state index contributed by atoms with van der Waals surface area (Å²) in [6.07, 6.45) is 3.46. The minimum atomic E-state index is 0.564. The van der Waals surface area contributed by atoms with Crippen LogP contribution in [-0.4, -0.2) is 31.6 Å². The molecule has 0 aliphatic carbocycles. The highest BCUT2D eigenvalue weighted by molar-refractivity contribution is 5.79. The van der Waals surface area contributed by atoms with Gasteiger partial charge in [-0.3, -0.25) is 0 Å². The van der Waals surface area contributed by atoms with Crippen molar-refractivity contribution in [3.05, 3.63) is 48.0 Å². The van der Waals surface area contributed by atoms with E-state index in [0.29, 0.717) is 13.1 Å². The van der Waals surface area contributed by atoms with Crippen molar-refractivity contribution >= 4 is 11.8 Å². The van der Waals surface area contributed by atoms with Crippen LogP contribution in [0.1, 0.15) is 18.2 Å². The van der Waals surface area contributed by atoms with Gasteiger partial charge in [0.05, 0.1) is 19.4 Å². The topological polar surface area (TPSA) is 65.7 Å². The third kappa shape index (κ3) is 4.51. The number of aromatic nitrogens is 1. The SMILES string of the molecule is CCNC(=NCc1cccnc1N(C)C)NCc1ccco1. The second-order valence-corrected chi connectivity index (χ2v) is 5.01. The van der Waals surface area contributed by atoms with Crippen LogP contribution in [0, 0.1) is 0 Å². The van der Waals surface area contributed by atoms with Gasteiger partial charge in [-0.25, -0.2) is 9.98 Å². The monoisotopic (exact) mass is 301 g/mol. The lowest BCUT2D eigenvalue weighted by atomic mass is 10.2. The first-order chi connectivity index (χ1) is 10.7. The van der Waals surface area contributed by atoms with Crippen LogP contribution in [-0.2, 0) is 13.1 Å². The maximum atomic E-state index is 5.31. The average Bonchev–Trinajstić information content (AvgIpc) is 3.03. The lowest BCUT2D eigenvalue weighted by molar-refractivity contribution is 0.501. The molecule has 0 spiro atoms. The summed E-state index contributed by atoms with van der Waals surface area (Å²) in [5.74, 6) is 2.57. The molecule has 2 aromatic heterocycles. The Morgan fingerprint density at radius 2 is 2.14 bits per heavy atom. The smallest absolute Gasteiger partial charge is 0.191 e. The van der Waals surface area contributed by atoms with E-state index < -0.39 is 0 Å². The molecule has 2 aromatic rings. The zero-order chi connectivity index (χ0) is 15.8. The van der Waals surface area contributed by atoms with E-state index >= 15 is 0 Å². The summed E-state index contributed by atoms with van der Waals surface area (Å²) in [4.78, 5) is 11.0. The molecule has 22 heavy (non-hydrogen) atoms. The molecule has 0 unspecified atom stereocenters. The van der Waals surface area contributed by atoms with Crippen LogP contribution in [0.5, 0.6) is 0 Å². The molecule has 0 aromatic carbocycles. The summed E-state index contributed by atoms with van der Waals surface area (Å²) in [6.45, 7) is 4.01. The Morgan fingerprint density at radius 3 is 2.82 bits per heavy atom. The Kier molecular flexibility index (Phi) is 5.82. The number of rotatable bonds is 6. The van der Waals surface area contributed by atoms with Crippen LogP contribution < -0.4 is 15.5 Å². The summed E-state index contributed by atoms with van der Waals surface area (Å²) >= 11 is 0. The zero-order valence-electron chi connectivity index (χ0n) is 13.3. The van der Waals surface area contributed by atoms with E-state index in [-0.39, 0.29) is 0 Å². The van der Waals surface area contributed by atoms with Crippen molar-refractivity contribution in [3.8, 4) is 0 Å². The highest BCUT2D eigenvalue weighted by Gasteiger charge is 2.05. The van der Waals surface area contributed by atoms with Gasteiger partial charge in [0.1, 0.15) is 11.6 Å². The molecular formula is C16H23N5O. The quantitative estimate of drug-likeness (QED) is 0.631. The summed E-state index contributed by atoms with van der Waals surface area (Å²) in [6, 6.07) is 7.78. The minimum Gasteiger partial charge on any atom is -0.467 e. The normalized spacial score (nSPS) is 11.3. The molecule has 0 saturated carbocycles. The fraction of sp³-hybridized carbons (Fsp3) is 0.375. The number of nitrogens with zero attached hydrogens (tertiary/aromatic N) is 3. The fourth-order valence-corrected chi connectivity index (χ4v) is 2.05. The van der Waals surface area contributed by atoms with Crippen LogP contribution in [0.2, 0.25) is 0 Å². The number of nitrogens with one attached hydrogen (secondary N) is 2. The predicted molar refractivity (Wildman–Crippen MR) is 88.9 cm³/mol. The molecule has 118 valence electrons. The molecule has 2 N–H and O–H groups in total. The molecule has 6 heteroatoms. The highest BCUT2D eigenvalue weighted by atomic mass is 16.3. The maximum Gasteiger partial charge on any atom is 0.191 e. The third-order valence-electron chi connectivity index (χ3n) is 3.05. The largest absolute Gasteiger partial charge is 0.467 e. The van der Waals surface area contributed by atoms with E-state index in [2.05, 4.69) is 20.6 Å². The fourth-order valence-electron chi connectivity index (χ4n) is 2.05. The van der Waals surface area contributed by atoms with Crippen LogP contribution in [0.15, 0.2) is 46.1 Å². The van der Waals surface area contributed by atoms with Gasteiger partial charge in [-0.15, -0.1) is 0 Å². The van der Waals surface area contributed by atoms with Crippen molar-refractivity contribution in [1.29, 1.82) is 0 Å². The molecular weight excluding hydrogens is 278 g/mol. The van der Waals surface area contributed by atoms with Crippen molar-refractivity contribution < 1.29 is 4.42 Å². The Balaban J connectivity index is 2.03. The zero-order valence-corrected chi connectivity index (χ0v) is 13.3. The lowest BCUT2D eigenvalue weighted by Crippen LogP contribution is -2.36. The number of hydrogen-bond donors (Lipinski definition) is 2. The standard InChI is InChI=1S/C16H23N5O/c1-4-17-16(20-12-14-8-6-10-22-14)19-11-13-7-5-9-18-15(13)21(2)3/h5-10H,4,11-12H2,1-3H3,(H2,17,19,20). The van der Waals surface area contributed by atoms with E-state index in [1.807, 2.05) is 50.2 Å². The Bertz CT molecular complexity index is 592. The molecule has 6 nitrogen and oxygen atoms in total. The summed E-state index contributed by atoms with van der Waals surface area (Å²) < 4.78 is 5.31. The number of anilines is 1. The van der Waals surface area contributed by atoms with Crippen LogP contribution in [0.3, 0.4) is 0 Å². The Labute approximate surface area is 131 Å². The van der Waals surface area contributed by atoms with E-state index in [4.69, 9.17) is 4.42 Å². The maximum absolute atomic E-state index is 5.31. The average molecular weight is 301 g/mol. The van der Waals surface area contributed by atoms with Crippen molar-refractivity contribution in [2.24, 2.45) is 4.99 Å². The number of guanidine groups is 1. The predicted octanol–water partition coefficient (Wildman–Crippen LogP) is 2.00.